The maximum atomic E-state index is 12.8. The Labute approximate surface area is 137 Å². The fourth-order valence-electron chi connectivity index (χ4n) is 3.47. The third-order valence-corrected chi connectivity index (χ3v) is 4.93. The fourth-order valence-corrected chi connectivity index (χ4v) is 3.47. The molecule has 1 aromatic rings. The molecule has 0 spiro atoms. The summed E-state index contributed by atoms with van der Waals surface area (Å²) in [4.78, 5) is 27.1. The molecule has 1 aliphatic carbocycles. The van der Waals surface area contributed by atoms with E-state index in [-0.39, 0.29) is 17.9 Å². The van der Waals surface area contributed by atoms with Gasteiger partial charge < -0.3 is 10.6 Å². The van der Waals surface area contributed by atoms with Crippen LogP contribution in [0.2, 0.25) is 0 Å². The van der Waals surface area contributed by atoms with Crippen LogP contribution in [0.25, 0.3) is 0 Å². The summed E-state index contributed by atoms with van der Waals surface area (Å²) in [6, 6.07) is 5.45. The van der Waals surface area contributed by atoms with E-state index in [2.05, 4.69) is 15.5 Å². The van der Waals surface area contributed by atoms with Crippen LogP contribution in [0.3, 0.4) is 0 Å². The number of hydrogen-bond acceptors (Lipinski definition) is 3. The van der Waals surface area contributed by atoms with Crippen molar-refractivity contribution in [2.24, 2.45) is 5.92 Å². The van der Waals surface area contributed by atoms with Crippen LogP contribution in [-0.2, 0) is 4.79 Å². The van der Waals surface area contributed by atoms with E-state index in [9.17, 15) is 9.59 Å². The first-order chi connectivity index (χ1) is 11.1. The van der Waals surface area contributed by atoms with E-state index in [0.29, 0.717) is 11.5 Å². The molecule has 1 heterocycles. The van der Waals surface area contributed by atoms with Gasteiger partial charge in [0.1, 0.15) is 0 Å². The molecule has 3 rings (SSSR count). The quantitative estimate of drug-likeness (QED) is 0.875. The molecule has 2 N–H and O–H groups in total. The van der Waals surface area contributed by atoms with Gasteiger partial charge in [0.2, 0.25) is 5.91 Å². The summed E-state index contributed by atoms with van der Waals surface area (Å²) in [6.45, 7) is 3.92. The van der Waals surface area contributed by atoms with E-state index in [0.717, 1.165) is 37.2 Å². The third-order valence-electron chi connectivity index (χ3n) is 4.93. The first-order valence-electron chi connectivity index (χ1n) is 8.48. The summed E-state index contributed by atoms with van der Waals surface area (Å²) in [5.41, 5.74) is 2.16. The van der Waals surface area contributed by atoms with Crippen molar-refractivity contribution in [3.8, 4) is 0 Å². The Bertz CT molecular complexity index is 604. The van der Waals surface area contributed by atoms with Gasteiger partial charge in [-0.25, -0.2) is 0 Å². The Hall–Kier alpha value is -1.88. The van der Waals surface area contributed by atoms with Crippen LogP contribution in [0.1, 0.15) is 41.6 Å². The molecule has 5 heteroatoms. The van der Waals surface area contributed by atoms with Crippen molar-refractivity contribution in [1.82, 2.24) is 10.2 Å². The zero-order chi connectivity index (χ0) is 16.4. The fraction of sp³-hybridized carbons (Fsp3) is 0.556. The van der Waals surface area contributed by atoms with Crippen LogP contribution in [0.15, 0.2) is 18.2 Å². The molecule has 2 fully saturated rings. The molecule has 5 nitrogen and oxygen atoms in total. The lowest BCUT2D eigenvalue weighted by molar-refractivity contribution is -0.121. The van der Waals surface area contributed by atoms with E-state index in [4.69, 9.17) is 0 Å². The van der Waals surface area contributed by atoms with E-state index >= 15 is 0 Å². The second-order valence-corrected chi connectivity index (χ2v) is 6.57. The zero-order valence-electron chi connectivity index (χ0n) is 13.9. The predicted molar refractivity (Wildman–Crippen MR) is 90.5 cm³/mol. The molecule has 0 aromatic heterocycles. The van der Waals surface area contributed by atoms with Gasteiger partial charge in [-0.1, -0.05) is 6.07 Å². The van der Waals surface area contributed by atoms with Crippen molar-refractivity contribution in [2.45, 2.75) is 38.6 Å². The number of nitrogens with one attached hydrogen (secondary N) is 2. The number of hydrogen-bond donors (Lipinski definition) is 2. The first-order valence-corrected chi connectivity index (χ1v) is 8.48. The molecule has 0 unspecified atom stereocenters. The largest absolute Gasteiger partial charge is 0.355 e. The highest BCUT2D eigenvalue weighted by atomic mass is 16.2. The van der Waals surface area contributed by atoms with Gasteiger partial charge in [0.15, 0.2) is 0 Å². The summed E-state index contributed by atoms with van der Waals surface area (Å²) < 4.78 is 0. The minimum absolute atomic E-state index is 0.0134. The Balaban J connectivity index is 1.77. The normalized spacial score (nSPS) is 19.4. The molecule has 0 radical (unpaired) electrons. The smallest absolute Gasteiger partial charge is 0.251 e. The number of nitrogens with zero attached hydrogens (tertiary/aromatic N) is 1. The van der Waals surface area contributed by atoms with Crippen LogP contribution >= 0.6 is 0 Å². The Morgan fingerprint density at radius 3 is 2.52 bits per heavy atom. The molecule has 2 amide bonds. The van der Waals surface area contributed by atoms with Gasteiger partial charge in [-0.2, -0.15) is 0 Å². The van der Waals surface area contributed by atoms with Gasteiger partial charge >= 0.3 is 0 Å². The molecule has 1 aliphatic heterocycles. The number of likely N-dealkylation sites (tertiary alicyclic amines) is 1. The SMILES string of the molecule is CNC(=O)c1cccc(NC(=O)[C@H](C2CC2)N2CCCC2)c1C. The van der Waals surface area contributed by atoms with Gasteiger partial charge in [0, 0.05) is 18.3 Å². The highest BCUT2D eigenvalue weighted by molar-refractivity contribution is 6.00. The lowest BCUT2D eigenvalue weighted by Gasteiger charge is -2.27. The van der Waals surface area contributed by atoms with E-state index in [1.807, 2.05) is 19.1 Å². The van der Waals surface area contributed by atoms with Crippen molar-refractivity contribution in [3.05, 3.63) is 29.3 Å². The monoisotopic (exact) mass is 315 g/mol. The summed E-state index contributed by atoms with van der Waals surface area (Å²) >= 11 is 0. The van der Waals surface area contributed by atoms with Crippen LogP contribution < -0.4 is 10.6 Å². The first kappa shape index (κ1) is 16.0. The van der Waals surface area contributed by atoms with Crippen molar-refractivity contribution in [3.63, 3.8) is 0 Å². The number of carbonyl (C=O) groups is 2. The highest BCUT2D eigenvalue weighted by Gasteiger charge is 2.41. The predicted octanol–water partition coefficient (Wildman–Crippen LogP) is 2.17. The summed E-state index contributed by atoms with van der Waals surface area (Å²) in [7, 11) is 1.61. The number of anilines is 1. The average molecular weight is 315 g/mol. The second kappa shape index (κ2) is 6.71. The van der Waals surface area contributed by atoms with Crippen LogP contribution in [0.5, 0.6) is 0 Å². The van der Waals surface area contributed by atoms with Crippen molar-refractivity contribution < 1.29 is 9.59 Å². The number of benzene rings is 1. The molecule has 1 saturated carbocycles. The van der Waals surface area contributed by atoms with Gasteiger partial charge in [-0.05, 0) is 69.3 Å². The Kier molecular flexibility index (Phi) is 4.66. The van der Waals surface area contributed by atoms with E-state index in [1.165, 1.54) is 12.8 Å². The standard InChI is InChI=1S/C18H25N3O2/c1-12-14(17(22)19-2)6-5-7-15(12)20-18(23)16(13-8-9-13)21-10-3-4-11-21/h5-7,13,16H,3-4,8-11H2,1-2H3,(H,19,22)(H,20,23)/t16-/m0/s1. The van der Waals surface area contributed by atoms with Gasteiger partial charge in [0.05, 0.1) is 6.04 Å². The Morgan fingerprint density at radius 2 is 1.91 bits per heavy atom. The van der Waals surface area contributed by atoms with Crippen LogP contribution in [-0.4, -0.2) is 42.9 Å². The molecule has 2 aliphatic rings. The molecule has 1 aromatic carbocycles. The molecule has 1 saturated heterocycles. The summed E-state index contributed by atoms with van der Waals surface area (Å²) in [5.74, 6) is 0.443. The van der Waals surface area contributed by atoms with E-state index in [1.54, 1.807) is 13.1 Å². The number of carbonyl (C=O) groups excluding carboxylic acids is 2. The third kappa shape index (κ3) is 3.39. The molecular formula is C18H25N3O2. The number of rotatable bonds is 5. The molecule has 124 valence electrons. The average Bonchev–Trinajstić information content (AvgIpc) is 3.23. The van der Waals surface area contributed by atoms with Gasteiger partial charge in [-0.3, -0.25) is 14.5 Å². The molecule has 23 heavy (non-hydrogen) atoms. The minimum atomic E-state index is -0.128. The van der Waals surface area contributed by atoms with E-state index < -0.39 is 0 Å². The van der Waals surface area contributed by atoms with Gasteiger partial charge in [0.25, 0.3) is 5.91 Å². The highest BCUT2D eigenvalue weighted by Crippen LogP contribution is 2.37. The number of amides is 2. The van der Waals surface area contributed by atoms with Crippen LogP contribution in [0, 0.1) is 12.8 Å². The van der Waals surface area contributed by atoms with Crippen molar-refractivity contribution >= 4 is 17.5 Å². The molecular weight excluding hydrogens is 290 g/mol. The summed E-state index contributed by atoms with van der Waals surface area (Å²) in [5, 5.41) is 5.71. The van der Waals surface area contributed by atoms with Crippen LogP contribution in [0.4, 0.5) is 5.69 Å². The summed E-state index contributed by atoms with van der Waals surface area (Å²) in [6.07, 6.45) is 4.65. The second-order valence-electron chi connectivity index (χ2n) is 6.57. The van der Waals surface area contributed by atoms with Crippen molar-refractivity contribution in [1.29, 1.82) is 0 Å². The Morgan fingerprint density at radius 1 is 1.22 bits per heavy atom. The zero-order valence-corrected chi connectivity index (χ0v) is 13.9. The topological polar surface area (TPSA) is 61.4 Å². The maximum Gasteiger partial charge on any atom is 0.251 e. The molecule has 1 atom stereocenters. The maximum absolute atomic E-state index is 12.8. The van der Waals surface area contributed by atoms with Gasteiger partial charge in [-0.15, -0.1) is 0 Å². The van der Waals surface area contributed by atoms with Crippen molar-refractivity contribution in [2.75, 3.05) is 25.5 Å². The lowest BCUT2D eigenvalue weighted by atomic mass is 10.0. The molecule has 0 bridgehead atoms. The lowest BCUT2D eigenvalue weighted by Crippen LogP contribution is -2.44. The minimum Gasteiger partial charge on any atom is -0.355 e.